The predicted octanol–water partition coefficient (Wildman–Crippen LogP) is 3.99. The molecule has 20 nitrogen and oxygen atoms in total. The van der Waals surface area contributed by atoms with Gasteiger partial charge in [0.25, 0.3) is 0 Å². The number of ether oxygens (including phenoxy) is 4. The topological polar surface area (TPSA) is 294 Å². The van der Waals surface area contributed by atoms with Crippen molar-refractivity contribution in [1.82, 2.24) is 26.6 Å². The molecule has 0 heterocycles. The largest absolute Gasteiger partial charge is 0.481 e. The fourth-order valence-electron chi connectivity index (χ4n) is 6.51. The highest BCUT2D eigenvalue weighted by Gasteiger charge is 2.21. The summed E-state index contributed by atoms with van der Waals surface area (Å²) < 4.78 is 21.2. The Hall–Kier alpha value is -3.92. The number of carboxylic acid groups (broad SMARTS) is 3. The number of carboxylic acids is 3. The number of aliphatic carboxylic acids is 3. The van der Waals surface area contributed by atoms with E-state index in [9.17, 15) is 48.6 Å². The molecule has 8 N–H and O–H groups in total. The van der Waals surface area contributed by atoms with Crippen molar-refractivity contribution in [3.05, 3.63) is 0 Å². The monoisotopic (exact) mass is 1010 g/mol. The van der Waals surface area contributed by atoms with Gasteiger partial charge in [0.05, 0.1) is 45.0 Å². The van der Waals surface area contributed by atoms with Gasteiger partial charge in [0.1, 0.15) is 25.3 Å². The van der Waals surface area contributed by atoms with Crippen LogP contribution in [0.2, 0.25) is 0 Å². The van der Waals surface area contributed by atoms with Gasteiger partial charge in [-0.25, -0.2) is 9.59 Å². The fourth-order valence-corrected chi connectivity index (χ4v) is 6.71. The lowest BCUT2D eigenvalue weighted by molar-refractivity contribution is -0.143. The zero-order valence-electron chi connectivity index (χ0n) is 39.0. The molecule has 5 amide bonds. The van der Waals surface area contributed by atoms with Crippen molar-refractivity contribution in [2.24, 2.45) is 0 Å². The highest BCUT2D eigenvalue weighted by molar-refractivity contribution is 9.09. The minimum atomic E-state index is -1.19. The second-order valence-electron chi connectivity index (χ2n) is 16.0. The molecular formula is C45H80BrN5O15. The van der Waals surface area contributed by atoms with Gasteiger partial charge >= 0.3 is 17.9 Å². The molecule has 1 unspecified atom stereocenters. The Kier molecular flexibility index (Phi) is 42.2. The molecule has 0 saturated heterocycles. The van der Waals surface area contributed by atoms with Crippen molar-refractivity contribution >= 4 is 63.4 Å². The number of alkyl halides is 1. The summed E-state index contributed by atoms with van der Waals surface area (Å²) in [5.74, 6) is -4.86. The summed E-state index contributed by atoms with van der Waals surface area (Å²) in [6.45, 7) is 1.18. The van der Waals surface area contributed by atoms with E-state index in [1.165, 1.54) is 57.8 Å². The van der Waals surface area contributed by atoms with Crippen molar-refractivity contribution in [3.8, 4) is 0 Å². The quantitative estimate of drug-likeness (QED) is 0.0316. The molecule has 0 rings (SSSR count). The Morgan fingerprint density at radius 1 is 0.379 bits per heavy atom. The first-order chi connectivity index (χ1) is 31.8. The smallest absolute Gasteiger partial charge is 0.326 e. The van der Waals surface area contributed by atoms with Crippen LogP contribution in [0.1, 0.15) is 148 Å². The van der Waals surface area contributed by atoms with Crippen molar-refractivity contribution in [2.45, 2.75) is 160 Å². The molecule has 21 heteroatoms. The normalized spacial score (nSPS) is 11.9. The minimum Gasteiger partial charge on any atom is -0.481 e. The predicted molar refractivity (Wildman–Crippen MR) is 249 cm³/mol. The van der Waals surface area contributed by atoms with Gasteiger partial charge in [-0.1, -0.05) is 106 Å². The van der Waals surface area contributed by atoms with E-state index in [0.29, 0.717) is 25.8 Å². The van der Waals surface area contributed by atoms with Crippen molar-refractivity contribution < 1.29 is 72.6 Å². The molecule has 382 valence electrons. The van der Waals surface area contributed by atoms with Crippen LogP contribution >= 0.6 is 15.9 Å². The number of carbonyl (C=O) groups excluding carboxylic acids is 5. The molecule has 0 spiro atoms. The highest BCUT2D eigenvalue weighted by atomic mass is 79.9. The van der Waals surface area contributed by atoms with E-state index >= 15 is 0 Å². The number of hydrogen-bond acceptors (Lipinski definition) is 12. The molecule has 0 aromatic rings. The SMILES string of the molecule is O=C(O)CCCCCCCCCCCCCCCCCCC(=O)NC(CCC(=O)NCCOCCOCC(=O)NCCOCCOCC(=O)N[C@@H](CCCCNC(=O)CBr)C(=O)O)C(=O)O. The van der Waals surface area contributed by atoms with Crippen LogP contribution in [0.4, 0.5) is 0 Å². The first-order valence-corrected chi connectivity index (χ1v) is 24.9. The number of unbranched alkanes of at least 4 members (excludes halogenated alkanes) is 16. The van der Waals surface area contributed by atoms with Gasteiger partial charge in [0.2, 0.25) is 29.5 Å². The van der Waals surface area contributed by atoms with Crippen molar-refractivity contribution in [1.29, 1.82) is 0 Å². The third-order valence-electron chi connectivity index (χ3n) is 10.2. The van der Waals surface area contributed by atoms with Crippen LogP contribution in [-0.4, -0.2) is 153 Å². The van der Waals surface area contributed by atoms with Crippen LogP contribution in [-0.2, 0) is 57.3 Å². The molecule has 0 aliphatic heterocycles. The molecule has 0 aromatic heterocycles. The summed E-state index contributed by atoms with van der Waals surface area (Å²) in [4.78, 5) is 93.4. The third kappa shape index (κ3) is 42.7. The molecule has 0 bridgehead atoms. The van der Waals surface area contributed by atoms with Gasteiger partial charge in [-0.3, -0.25) is 28.8 Å². The zero-order chi connectivity index (χ0) is 48.9. The molecule has 0 aliphatic carbocycles. The van der Waals surface area contributed by atoms with E-state index in [2.05, 4.69) is 42.5 Å². The summed E-state index contributed by atoms with van der Waals surface area (Å²) in [5, 5.41) is 40.6. The molecular weight excluding hydrogens is 930 g/mol. The van der Waals surface area contributed by atoms with E-state index in [1.54, 1.807) is 0 Å². The van der Waals surface area contributed by atoms with Gasteiger partial charge in [-0.2, -0.15) is 0 Å². The van der Waals surface area contributed by atoms with Gasteiger partial charge < -0.3 is 60.9 Å². The summed E-state index contributed by atoms with van der Waals surface area (Å²) in [7, 11) is 0. The molecule has 66 heavy (non-hydrogen) atoms. The van der Waals surface area contributed by atoms with E-state index in [0.717, 1.165) is 38.5 Å². The highest BCUT2D eigenvalue weighted by Crippen LogP contribution is 2.14. The van der Waals surface area contributed by atoms with Crippen LogP contribution in [0.3, 0.4) is 0 Å². The first kappa shape index (κ1) is 62.1. The summed E-state index contributed by atoms with van der Waals surface area (Å²) >= 11 is 3.04. The maximum Gasteiger partial charge on any atom is 0.326 e. The summed E-state index contributed by atoms with van der Waals surface area (Å²) in [6.07, 6.45) is 19.4. The minimum absolute atomic E-state index is 0.0383. The van der Waals surface area contributed by atoms with Crippen LogP contribution in [0.15, 0.2) is 0 Å². The average molecular weight is 1010 g/mol. The molecule has 0 fully saturated rings. The van der Waals surface area contributed by atoms with Crippen LogP contribution < -0.4 is 26.6 Å². The molecule has 0 aromatic carbocycles. The van der Waals surface area contributed by atoms with E-state index in [1.807, 2.05) is 0 Å². The Morgan fingerprint density at radius 2 is 0.788 bits per heavy atom. The van der Waals surface area contributed by atoms with Gasteiger partial charge in [0.15, 0.2) is 0 Å². The Bertz CT molecular complexity index is 1350. The second kappa shape index (κ2) is 44.9. The zero-order valence-corrected chi connectivity index (χ0v) is 40.6. The molecule has 2 atom stereocenters. The first-order valence-electron chi connectivity index (χ1n) is 23.8. The average Bonchev–Trinajstić information content (AvgIpc) is 3.28. The Morgan fingerprint density at radius 3 is 1.27 bits per heavy atom. The molecule has 0 aliphatic rings. The molecule has 0 radical (unpaired) electrons. The maximum absolute atomic E-state index is 12.4. The molecule has 0 saturated carbocycles. The van der Waals surface area contributed by atoms with Crippen LogP contribution in [0.25, 0.3) is 0 Å². The summed E-state index contributed by atoms with van der Waals surface area (Å²) in [6, 6.07) is -2.22. The number of nitrogens with one attached hydrogen (secondary N) is 5. The van der Waals surface area contributed by atoms with Gasteiger partial charge in [0, 0.05) is 38.9 Å². The number of hydrogen-bond donors (Lipinski definition) is 8. The Labute approximate surface area is 399 Å². The van der Waals surface area contributed by atoms with Crippen molar-refractivity contribution in [2.75, 3.05) is 77.8 Å². The Balaban J connectivity index is 3.72. The lowest BCUT2D eigenvalue weighted by atomic mass is 10.0. The lowest BCUT2D eigenvalue weighted by Crippen LogP contribution is -2.42. The second-order valence-corrected chi connectivity index (χ2v) is 16.6. The van der Waals surface area contributed by atoms with Gasteiger partial charge in [-0.05, 0) is 38.5 Å². The summed E-state index contributed by atoms with van der Waals surface area (Å²) in [5.41, 5.74) is 0. The lowest BCUT2D eigenvalue weighted by Gasteiger charge is -2.14. The number of carbonyl (C=O) groups is 8. The van der Waals surface area contributed by atoms with Crippen LogP contribution in [0.5, 0.6) is 0 Å². The van der Waals surface area contributed by atoms with E-state index < -0.39 is 35.9 Å². The van der Waals surface area contributed by atoms with Crippen molar-refractivity contribution in [3.63, 3.8) is 0 Å². The van der Waals surface area contributed by atoms with Crippen LogP contribution in [0, 0.1) is 0 Å². The van der Waals surface area contributed by atoms with E-state index in [4.69, 9.17) is 24.1 Å². The standard InChI is InChI=1S/C45H80BrN5O15/c46-33-40(54)47-24-18-17-19-36(44(59)60)51-42(56)35-66-32-30-64-28-26-49-41(55)34-65-31-29-63-27-25-48-38(52)23-22-37(45(61)62)50-39(53)20-15-13-11-9-7-5-3-1-2-4-6-8-10-12-14-16-21-43(57)58/h36-37H,1-35H2,(H,47,54)(H,48,52)(H,49,55)(H,50,53)(H,51,56)(H,57,58)(H,59,60)(H,61,62)/t36-,37?/m0/s1. The third-order valence-corrected chi connectivity index (χ3v) is 10.7. The van der Waals surface area contributed by atoms with E-state index in [-0.39, 0.29) is 127 Å². The fraction of sp³-hybridized carbons (Fsp3) is 0.822. The van der Waals surface area contributed by atoms with Gasteiger partial charge in [-0.15, -0.1) is 0 Å². The number of rotatable bonds is 48. The number of amides is 5. The maximum atomic E-state index is 12.4. The number of halogens is 1.